The van der Waals surface area contributed by atoms with Gasteiger partial charge in [-0.3, -0.25) is 19.5 Å². The van der Waals surface area contributed by atoms with E-state index in [2.05, 4.69) is 21.6 Å². The van der Waals surface area contributed by atoms with Crippen molar-refractivity contribution in [2.45, 2.75) is 25.9 Å². The van der Waals surface area contributed by atoms with E-state index in [4.69, 9.17) is 9.73 Å². The smallest absolute Gasteiger partial charge is 0.379 e. The number of aromatic nitrogens is 2. The number of aryl methyl sites for hydroxylation is 2. The molecule has 5 rings (SSSR count). The van der Waals surface area contributed by atoms with Crippen molar-refractivity contribution in [3.05, 3.63) is 47.8 Å². The molecule has 0 radical (unpaired) electrons. The summed E-state index contributed by atoms with van der Waals surface area (Å²) in [5.41, 5.74) is 2.30. The van der Waals surface area contributed by atoms with Gasteiger partial charge in [-0.1, -0.05) is 35.3 Å². The van der Waals surface area contributed by atoms with Crippen LogP contribution in [0.15, 0.2) is 41.5 Å². The summed E-state index contributed by atoms with van der Waals surface area (Å²) in [6, 6.07) is 9.41. The van der Waals surface area contributed by atoms with Gasteiger partial charge in [-0.25, -0.2) is 13.9 Å². The van der Waals surface area contributed by atoms with E-state index < -0.39 is 6.04 Å². The van der Waals surface area contributed by atoms with Crippen LogP contribution in [-0.2, 0) is 22.5 Å². The molecular weight excluding hydrogens is 408 g/mol. The Morgan fingerprint density at radius 3 is 2.59 bits per heavy atom. The van der Waals surface area contributed by atoms with Gasteiger partial charge >= 0.3 is 12.0 Å². The maximum Gasteiger partial charge on any atom is 0.401 e. The highest BCUT2D eigenvalue weighted by Gasteiger charge is 2.53. The summed E-state index contributed by atoms with van der Waals surface area (Å²) in [6.45, 7) is 6.84. The number of hydrogen-bond donors (Lipinski definition) is 0. The van der Waals surface area contributed by atoms with Gasteiger partial charge in [-0.05, 0) is 12.5 Å². The van der Waals surface area contributed by atoms with Crippen LogP contribution in [-0.4, -0.2) is 83.5 Å². The Morgan fingerprint density at radius 2 is 1.84 bits per heavy atom. The third kappa shape index (κ3) is 3.61. The molecule has 0 bridgehead atoms. The second kappa shape index (κ2) is 8.48. The van der Waals surface area contributed by atoms with Crippen molar-refractivity contribution < 1.29 is 18.9 Å². The Kier molecular flexibility index (Phi) is 5.52. The number of nitrogens with zero attached hydrogens (tertiary/aromatic N) is 6. The summed E-state index contributed by atoms with van der Waals surface area (Å²) >= 11 is 0. The van der Waals surface area contributed by atoms with Gasteiger partial charge in [0.25, 0.3) is 5.91 Å². The first-order valence-electron chi connectivity index (χ1n) is 11.2. The van der Waals surface area contributed by atoms with Crippen molar-refractivity contribution in [2.75, 3.05) is 46.4 Å². The summed E-state index contributed by atoms with van der Waals surface area (Å²) in [5.74, 6) is 1.02. The molecule has 0 spiro atoms. The van der Waals surface area contributed by atoms with E-state index >= 15 is 0 Å². The largest absolute Gasteiger partial charge is 0.401 e. The molecule has 0 N–H and O–H groups in total. The van der Waals surface area contributed by atoms with Crippen LogP contribution in [0.25, 0.3) is 0 Å². The van der Waals surface area contributed by atoms with Crippen molar-refractivity contribution in [2.24, 2.45) is 4.99 Å². The molecule has 0 saturated carbocycles. The number of imidazole rings is 1. The molecule has 1 aromatic heterocycles. The van der Waals surface area contributed by atoms with Gasteiger partial charge in [-0.15, -0.1) is 0 Å². The number of fused-ring (bicyclic) bond motifs is 3. The number of amides is 3. The number of aliphatic imine (C=N–C) groups is 1. The van der Waals surface area contributed by atoms with E-state index in [0.29, 0.717) is 32.1 Å². The van der Waals surface area contributed by atoms with Gasteiger partial charge in [0.05, 0.1) is 19.8 Å². The monoisotopic (exact) mass is 437 g/mol. The SMILES string of the molecule is Cc1c[n+]2c(n1CCc1ccccc1)N=C1C2C(=O)N(CCN2CCOCC2)C(=O)N1C. The molecule has 1 unspecified atom stereocenters. The number of imide groups is 1. The molecule has 2 saturated heterocycles. The topological polar surface area (TPSA) is 74.3 Å². The van der Waals surface area contributed by atoms with Crippen LogP contribution in [0.3, 0.4) is 0 Å². The molecule has 9 nitrogen and oxygen atoms in total. The van der Waals surface area contributed by atoms with Crippen LogP contribution < -0.4 is 4.57 Å². The van der Waals surface area contributed by atoms with E-state index in [1.165, 1.54) is 15.4 Å². The van der Waals surface area contributed by atoms with Crippen molar-refractivity contribution in [1.82, 2.24) is 19.3 Å². The molecule has 32 heavy (non-hydrogen) atoms. The lowest BCUT2D eigenvalue weighted by molar-refractivity contribution is -0.677. The molecule has 1 aromatic carbocycles. The fourth-order valence-electron chi connectivity index (χ4n) is 4.66. The van der Waals surface area contributed by atoms with E-state index in [0.717, 1.165) is 37.7 Å². The molecule has 2 fully saturated rings. The summed E-state index contributed by atoms with van der Waals surface area (Å²) in [5, 5.41) is 0. The predicted octanol–water partition coefficient (Wildman–Crippen LogP) is 1.14. The number of urea groups is 1. The van der Waals surface area contributed by atoms with E-state index in [9.17, 15) is 9.59 Å². The van der Waals surface area contributed by atoms with Gasteiger partial charge in [0.15, 0.2) is 0 Å². The van der Waals surface area contributed by atoms with Crippen molar-refractivity contribution in [1.29, 1.82) is 0 Å². The van der Waals surface area contributed by atoms with Crippen LogP contribution in [0.2, 0.25) is 0 Å². The van der Waals surface area contributed by atoms with Gasteiger partial charge < -0.3 is 4.74 Å². The highest BCUT2D eigenvalue weighted by Crippen LogP contribution is 2.29. The van der Waals surface area contributed by atoms with Gasteiger partial charge in [0.2, 0.25) is 11.9 Å². The molecule has 9 heteroatoms. The van der Waals surface area contributed by atoms with Gasteiger partial charge in [0, 0.05) is 39.6 Å². The lowest BCUT2D eigenvalue weighted by Gasteiger charge is -2.35. The first-order chi connectivity index (χ1) is 15.5. The number of rotatable bonds is 6. The molecule has 3 aliphatic rings. The highest BCUT2D eigenvalue weighted by atomic mass is 16.5. The number of amidine groups is 1. The molecule has 2 aromatic rings. The Bertz CT molecular complexity index is 1060. The standard InChI is InChI=1S/C23H29N6O3/c1-17-16-29-19-20(24-22(29)27(17)9-8-18-6-4-3-5-7-18)25(2)23(31)28(21(19)30)11-10-26-12-14-32-15-13-26/h3-7,16,19H,8-15H2,1-2H3/q+1. The number of ether oxygens (including phenoxy) is 1. The van der Waals surface area contributed by atoms with E-state index in [1.807, 2.05) is 35.9 Å². The minimum Gasteiger partial charge on any atom is -0.379 e. The third-order valence-electron chi connectivity index (χ3n) is 6.53. The second-order valence-electron chi connectivity index (χ2n) is 8.52. The number of carbonyl (C=O) groups is 2. The van der Waals surface area contributed by atoms with Gasteiger partial charge in [-0.2, -0.15) is 0 Å². The maximum atomic E-state index is 13.4. The average molecular weight is 438 g/mol. The Morgan fingerprint density at radius 1 is 1.09 bits per heavy atom. The molecule has 4 heterocycles. The highest BCUT2D eigenvalue weighted by molar-refractivity contribution is 6.19. The Hall–Kier alpha value is -3.04. The fraction of sp³-hybridized carbons (Fsp3) is 0.478. The number of hydrogen-bond acceptors (Lipinski definition) is 5. The first kappa shape index (κ1) is 20.8. The van der Waals surface area contributed by atoms with Crippen LogP contribution in [0.5, 0.6) is 0 Å². The van der Waals surface area contributed by atoms with E-state index in [1.54, 1.807) is 7.05 Å². The van der Waals surface area contributed by atoms with Crippen LogP contribution in [0.1, 0.15) is 17.3 Å². The number of likely N-dealkylation sites (N-methyl/N-ethyl adjacent to an activating group) is 1. The summed E-state index contributed by atoms with van der Waals surface area (Å²) in [7, 11) is 1.70. The van der Waals surface area contributed by atoms with Crippen LogP contribution in [0, 0.1) is 6.92 Å². The molecule has 168 valence electrons. The quantitative estimate of drug-likeness (QED) is 0.636. The normalized spacial score (nSPS) is 21.1. The zero-order valence-electron chi connectivity index (χ0n) is 18.6. The summed E-state index contributed by atoms with van der Waals surface area (Å²) < 4.78 is 9.44. The van der Waals surface area contributed by atoms with Crippen molar-refractivity contribution in [3.8, 4) is 0 Å². The third-order valence-corrected chi connectivity index (χ3v) is 6.53. The average Bonchev–Trinajstić information content (AvgIpc) is 3.32. The number of benzene rings is 1. The minimum atomic E-state index is -0.589. The summed E-state index contributed by atoms with van der Waals surface area (Å²) in [6.07, 6.45) is 2.84. The number of morpholine rings is 1. The summed E-state index contributed by atoms with van der Waals surface area (Å²) in [4.78, 5) is 36.3. The van der Waals surface area contributed by atoms with Crippen LogP contribution in [0.4, 0.5) is 10.7 Å². The molecule has 0 aliphatic carbocycles. The first-order valence-corrected chi connectivity index (χ1v) is 11.2. The molecule has 3 aliphatic heterocycles. The minimum absolute atomic E-state index is 0.205. The maximum absolute atomic E-state index is 13.4. The Balaban J connectivity index is 1.37. The zero-order chi connectivity index (χ0) is 22.2. The number of carbonyl (C=O) groups excluding carboxylic acids is 2. The lowest BCUT2D eigenvalue weighted by Crippen LogP contribution is -2.63. The van der Waals surface area contributed by atoms with Crippen LogP contribution >= 0.6 is 0 Å². The van der Waals surface area contributed by atoms with Gasteiger partial charge in [0.1, 0.15) is 11.9 Å². The Labute approximate surface area is 187 Å². The fourth-order valence-corrected chi connectivity index (χ4v) is 4.66. The van der Waals surface area contributed by atoms with Crippen molar-refractivity contribution in [3.63, 3.8) is 0 Å². The second-order valence-corrected chi connectivity index (χ2v) is 8.52. The molecular formula is C23H29N6O3+. The predicted molar refractivity (Wildman–Crippen MR) is 118 cm³/mol. The lowest BCUT2D eigenvalue weighted by atomic mass is 10.1. The molecule has 3 amide bonds. The van der Waals surface area contributed by atoms with Crippen molar-refractivity contribution >= 4 is 23.7 Å². The van der Waals surface area contributed by atoms with E-state index in [-0.39, 0.29) is 11.9 Å². The zero-order valence-corrected chi connectivity index (χ0v) is 18.6. The molecule has 1 atom stereocenters.